The molecule has 0 spiro atoms. The molecule has 5 nitrogen and oxygen atoms in total. The highest BCUT2D eigenvalue weighted by Crippen LogP contribution is 2.43. The molecular formula is C26H24N4OS. The molecule has 2 aromatic heterocycles. The van der Waals surface area contributed by atoms with E-state index in [0.29, 0.717) is 5.11 Å². The number of nitrogens with one attached hydrogen (secondary N) is 1. The van der Waals surface area contributed by atoms with E-state index in [1.165, 1.54) is 5.56 Å². The number of benzene rings is 2. The van der Waals surface area contributed by atoms with E-state index < -0.39 is 0 Å². The molecule has 160 valence electrons. The van der Waals surface area contributed by atoms with Crippen LogP contribution in [0.3, 0.4) is 0 Å². The summed E-state index contributed by atoms with van der Waals surface area (Å²) in [4.78, 5) is 6.82. The Kier molecular flexibility index (Phi) is 5.37. The van der Waals surface area contributed by atoms with Crippen molar-refractivity contribution in [3.8, 4) is 11.4 Å². The predicted octanol–water partition coefficient (Wildman–Crippen LogP) is 5.37. The summed E-state index contributed by atoms with van der Waals surface area (Å²) in [6.07, 6.45) is 3.93. The third-order valence-corrected chi connectivity index (χ3v) is 6.20. The van der Waals surface area contributed by atoms with Crippen LogP contribution in [-0.4, -0.2) is 21.8 Å². The van der Waals surface area contributed by atoms with Crippen molar-refractivity contribution < 1.29 is 4.74 Å². The molecule has 4 aromatic rings. The highest BCUT2D eigenvalue weighted by atomic mass is 32.1. The fraction of sp³-hybridized carbons (Fsp3) is 0.154. The normalized spacial score (nSPS) is 17.9. The number of ether oxygens (including phenoxy) is 1. The number of rotatable bonds is 5. The van der Waals surface area contributed by atoms with Crippen LogP contribution in [0.15, 0.2) is 91.3 Å². The zero-order valence-electron chi connectivity index (χ0n) is 18.0. The van der Waals surface area contributed by atoms with Crippen molar-refractivity contribution in [2.45, 2.75) is 19.0 Å². The molecule has 0 aliphatic carbocycles. The Bertz CT molecular complexity index is 1250. The molecule has 1 N–H and O–H groups in total. The number of aromatic nitrogens is 2. The Morgan fingerprint density at radius 2 is 1.81 bits per heavy atom. The van der Waals surface area contributed by atoms with Crippen LogP contribution in [-0.2, 0) is 0 Å². The van der Waals surface area contributed by atoms with Crippen molar-refractivity contribution in [3.05, 3.63) is 108 Å². The molecule has 6 heteroatoms. The van der Waals surface area contributed by atoms with Crippen molar-refractivity contribution in [2.75, 3.05) is 12.0 Å². The average Bonchev–Trinajstić information content (AvgIpc) is 3.44. The first-order valence-electron chi connectivity index (χ1n) is 10.6. The van der Waals surface area contributed by atoms with Crippen LogP contribution >= 0.6 is 12.2 Å². The van der Waals surface area contributed by atoms with Gasteiger partial charge in [-0.3, -0.25) is 4.98 Å². The molecule has 5 rings (SSSR count). The van der Waals surface area contributed by atoms with Gasteiger partial charge in [0.1, 0.15) is 11.8 Å². The fourth-order valence-electron chi connectivity index (χ4n) is 4.38. The lowest BCUT2D eigenvalue weighted by atomic mass is 10.0. The maximum absolute atomic E-state index is 5.85. The van der Waals surface area contributed by atoms with Crippen LogP contribution in [0.5, 0.6) is 5.75 Å². The van der Waals surface area contributed by atoms with Crippen molar-refractivity contribution in [1.29, 1.82) is 0 Å². The number of thiocarbonyl (C=S) groups is 1. The smallest absolute Gasteiger partial charge is 0.174 e. The minimum atomic E-state index is -0.104. The lowest BCUT2D eigenvalue weighted by Gasteiger charge is -2.29. The van der Waals surface area contributed by atoms with E-state index in [1.54, 1.807) is 7.11 Å². The van der Waals surface area contributed by atoms with Gasteiger partial charge in [-0.1, -0.05) is 30.3 Å². The fourth-order valence-corrected chi connectivity index (χ4v) is 4.73. The van der Waals surface area contributed by atoms with E-state index in [2.05, 4.69) is 75.4 Å². The third-order valence-electron chi connectivity index (χ3n) is 5.89. The van der Waals surface area contributed by atoms with Gasteiger partial charge in [-0.15, -0.1) is 0 Å². The van der Waals surface area contributed by atoms with Crippen LogP contribution < -0.4 is 15.0 Å². The first kappa shape index (κ1) is 20.3. The van der Waals surface area contributed by atoms with Crippen molar-refractivity contribution >= 4 is 23.0 Å². The van der Waals surface area contributed by atoms with Gasteiger partial charge >= 0.3 is 0 Å². The molecule has 0 amide bonds. The van der Waals surface area contributed by atoms with E-state index in [1.807, 2.05) is 42.6 Å². The van der Waals surface area contributed by atoms with Gasteiger partial charge in [-0.2, -0.15) is 0 Å². The van der Waals surface area contributed by atoms with E-state index >= 15 is 0 Å². The maximum atomic E-state index is 5.85. The molecule has 1 saturated heterocycles. The van der Waals surface area contributed by atoms with Crippen molar-refractivity contribution in [3.63, 3.8) is 0 Å². The van der Waals surface area contributed by atoms with Crippen LogP contribution in [0.2, 0.25) is 0 Å². The standard InChI is InChI=1S/C26H24N4OS/c1-18-9-3-4-13-22(18)29-16-8-14-23(29)25-24(21-12-5-6-15-27-21)28-26(32)30(25)19-10-7-11-20(17-19)31-2/h3-17,24-25H,1-2H3,(H,28,32)/t24-,25-/m1/s1. The second kappa shape index (κ2) is 8.48. The summed E-state index contributed by atoms with van der Waals surface area (Å²) in [5.41, 5.74) is 5.41. The van der Waals surface area contributed by atoms with Crippen LogP contribution in [0.4, 0.5) is 5.69 Å². The first-order chi connectivity index (χ1) is 15.7. The zero-order chi connectivity index (χ0) is 22.1. The minimum absolute atomic E-state index is 0.0980. The van der Waals surface area contributed by atoms with Crippen LogP contribution in [0, 0.1) is 6.92 Å². The number of hydrogen-bond acceptors (Lipinski definition) is 3. The lowest BCUT2D eigenvalue weighted by Crippen LogP contribution is -2.30. The van der Waals surface area contributed by atoms with E-state index in [9.17, 15) is 0 Å². The minimum Gasteiger partial charge on any atom is -0.497 e. The van der Waals surface area contributed by atoms with Gasteiger partial charge < -0.3 is 19.5 Å². The second-order valence-corrected chi connectivity index (χ2v) is 8.17. The van der Waals surface area contributed by atoms with Gasteiger partial charge in [-0.25, -0.2) is 0 Å². The molecule has 2 aromatic carbocycles. The van der Waals surface area contributed by atoms with Gasteiger partial charge in [0.2, 0.25) is 0 Å². The third kappa shape index (κ3) is 3.52. The molecule has 0 bridgehead atoms. The van der Waals surface area contributed by atoms with Gasteiger partial charge in [0.15, 0.2) is 5.11 Å². The Hall–Kier alpha value is -3.64. The molecule has 1 fully saturated rings. The molecule has 0 saturated carbocycles. The predicted molar refractivity (Wildman–Crippen MR) is 131 cm³/mol. The Balaban J connectivity index is 1.68. The van der Waals surface area contributed by atoms with Crippen LogP contribution in [0.25, 0.3) is 5.69 Å². The number of para-hydroxylation sites is 1. The van der Waals surface area contributed by atoms with Gasteiger partial charge in [0.05, 0.1) is 18.8 Å². The zero-order valence-corrected chi connectivity index (χ0v) is 18.8. The van der Waals surface area contributed by atoms with E-state index in [0.717, 1.165) is 28.5 Å². The van der Waals surface area contributed by atoms with E-state index in [4.69, 9.17) is 17.0 Å². The highest BCUT2D eigenvalue weighted by Gasteiger charge is 2.42. The van der Waals surface area contributed by atoms with Gasteiger partial charge in [-0.05, 0) is 67.2 Å². The second-order valence-electron chi connectivity index (χ2n) is 7.79. The molecular weight excluding hydrogens is 416 g/mol. The monoisotopic (exact) mass is 440 g/mol. The molecule has 1 aliphatic heterocycles. The SMILES string of the molecule is COc1cccc(N2C(=S)N[C@H](c3ccccn3)[C@H]2c2cccn2-c2ccccc2C)c1. The summed E-state index contributed by atoms with van der Waals surface area (Å²) in [7, 11) is 1.68. The topological polar surface area (TPSA) is 42.3 Å². The number of hydrogen-bond donors (Lipinski definition) is 1. The Morgan fingerprint density at radius 3 is 2.59 bits per heavy atom. The summed E-state index contributed by atoms with van der Waals surface area (Å²) >= 11 is 5.85. The summed E-state index contributed by atoms with van der Waals surface area (Å²) in [5, 5.41) is 4.19. The quantitative estimate of drug-likeness (QED) is 0.423. The molecule has 1 aliphatic rings. The molecule has 32 heavy (non-hydrogen) atoms. The lowest BCUT2D eigenvalue weighted by molar-refractivity contribution is 0.414. The Morgan fingerprint density at radius 1 is 0.969 bits per heavy atom. The average molecular weight is 441 g/mol. The molecule has 0 unspecified atom stereocenters. The first-order valence-corrected chi connectivity index (χ1v) is 11.0. The number of anilines is 1. The summed E-state index contributed by atoms with van der Waals surface area (Å²) in [6, 6.07) is 26.5. The summed E-state index contributed by atoms with van der Waals surface area (Å²) in [6.45, 7) is 2.13. The number of pyridine rings is 1. The highest BCUT2D eigenvalue weighted by molar-refractivity contribution is 7.80. The number of methoxy groups -OCH3 is 1. The molecule has 2 atom stereocenters. The van der Waals surface area contributed by atoms with Gasteiger partial charge in [0, 0.05) is 35.5 Å². The summed E-state index contributed by atoms with van der Waals surface area (Å²) < 4.78 is 7.74. The van der Waals surface area contributed by atoms with Gasteiger partial charge in [0.25, 0.3) is 0 Å². The van der Waals surface area contributed by atoms with E-state index in [-0.39, 0.29) is 12.1 Å². The van der Waals surface area contributed by atoms with Crippen LogP contribution in [0.1, 0.15) is 29.0 Å². The largest absolute Gasteiger partial charge is 0.497 e. The maximum Gasteiger partial charge on any atom is 0.174 e. The van der Waals surface area contributed by atoms with Crippen molar-refractivity contribution in [2.24, 2.45) is 0 Å². The molecule has 3 heterocycles. The number of nitrogens with zero attached hydrogens (tertiary/aromatic N) is 3. The summed E-state index contributed by atoms with van der Waals surface area (Å²) in [5.74, 6) is 0.791. The molecule has 0 radical (unpaired) electrons. The Labute approximate surface area is 193 Å². The van der Waals surface area contributed by atoms with Crippen molar-refractivity contribution in [1.82, 2.24) is 14.9 Å². The number of aryl methyl sites for hydroxylation is 1.